The van der Waals surface area contributed by atoms with E-state index >= 15 is 0 Å². The molecule has 19 heavy (non-hydrogen) atoms. The van der Waals surface area contributed by atoms with Crippen molar-refractivity contribution in [3.8, 4) is 0 Å². The van der Waals surface area contributed by atoms with Crippen LogP contribution in [-0.4, -0.2) is 29.1 Å². The molecule has 1 saturated heterocycles. The molecule has 1 aliphatic heterocycles. The second-order valence-corrected chi connectivity index (χ2v) is 6.64. The van der Waals surface area contributed by atoms with E-state index < -0.39 is 11.6 Å². The Bertz CT molecular complexity index is 469. The molecule has 0 amide bonds. The van der Waals surface area contributed by atoms with Gasteiger partial charge in [0.05, 0.1) is 0 Å². The Kier molecular flexibility index (Phi) is 3.67. The van der Waals surface area contributed by atoms with Crippen molar-refractivity contribution >= 4 is 0 Å². The molecule has 0 unspecified atom stereocenters. The van der Waals surface area contributed by atoms with Crippen LogP contribution < -0.4 is 5.32 Å². The summed E-state index contributed by atoms with van der Waals surface area (Å²) < 4.78 is 26.7. The molecule has 0 spiro atoms. The highest BCUT2D eigenvalue weighted by molar-refractivity contribution is 5.19. The average molecular weight is 268 g/mol. The highest BCUT2D eigenvalue weighted by atomic mass is 19.1. The summed E-state index contributed by atoms with van der Waals surface area (Å²) in [6, 6.07) is 3.81. The maximum absolute atomic E-state index is 13.8. The zero-order valence-corrected chi connectivity index (χ0v) is 12.1. The third kappa shape index (κ3) is 3.31. The smallest absolute Gasteiger partial charge is 0.130 e. The van der Waals surface area contributed by atoms with E-state index in [2.05, 4.69) is 37.9 Å². The largest absolute Gasteiger partial charge is 0.309 e. The normalized spacial score (nSPS) is 22.4. The molecule has 1 N–H and O–H groups in total. The predicted molar refractivity (Wildman–Crippen MR) is 72.9 cm³/mol. The fraction of sp³-hybridized carbons (Fsp3) is 0.600. The summed E-state index contributed by atoms with van der Waals surface area (Å²) in [5.41, 5.74) is 0.509. The Hall–Kier alpha value is -1.00. The second kappa shape index (κ2) is 4.84. The first-order valence-electron chi connectivity index (χ1n) is 6.64. The first kappa shape index (κ1) is 14.4. The molecule has 0 bridgehead atoms. The van der Waals surface area contributed by atoms with Crippen LogP contribution >= 0.6 is 0 Å². The van der Waals surface area contributed by atoms with Gasteiger partial charge in [0.15, 0.2) is 0 Å². The Balaban J connectivity index is 2.20. The van der Waals surface area contributed by atoms with Crippen molar-refractivity contribution in [3.05, 3.63) is 35.4 Å². The summed E-state index contributed by atoms with van der Waals surface area (Å²) in [6.45, 7) is 10.7. The molecule has 0 aromatic heterocycles. The van der Waals surface area contributed by atoms with Gasteiger partial charge in [0, 0.05) is 42.3 Å². The van der Waals surface area contributed by atoms with Crippen LogP contribution in [0.3, 0.4) is 0 Å². The lowest BCUT2D eigenvalue weighted by Gasteiger charge is -2.49. The van der Waals surface area contributed by atoms with Crippen molar-refractivity contribution in [2.24, 2.45) is 0 Å². The topological polar surface area (TPSA) is 15.3 Å². The van der Waals surface area contributed by atoms with E-state index in [0.717, 1.165) is 19.2 Å². The fourth-order valence-corrected chi connectivity index (χ4v) is 2.44. The van der Waals surface area contributed by atoms with Crippen LogP contribution in [0, 0.1) is 11.6 Å². The molecule has 0 radical (unpaired) electrons. The first-order chi connectivity index (χ1) is 8.70. The molecule has 4 heteroatoms. The lowest BCUT2D eigenvalue weighted by molar-refractivity contribution is 0.0315. The minimum Gasteiger partial charge on any atom is -0.309 e. The molecule has 1 heterocycles. The van der Waals surface area contributed by atoms with Crippen molar-refractivity contribution in [2.45, 2.75) is 45.3 Å². The molecule has 106 valence electrons. The van der Waals surface area contributed by atoms with Gasteiger partial charge in [-0.25, -0.2) is 8.78 Å². The van der Waals surface area contributed by atoms with E-state index in [4.69, 9.17) is 0 Å². The standard InChI is InChI=1S/C15H22F2N2/c1-14(2)10-19(15(3,4)9-18-14)8-11-5-6-12(16)7-13(11)17/h5-7,18H,8-10H2,1-4H3. The van der Waals surface area contributed by atoms with Gasteiger partial charge in [0.2, 0.25) is 0 Å². The highest BCUT2D eigenvalue weighted by Crippen LogP contribution is 2.26. The number of hydrogen-bond donors (Lipinski definition) is 1. The monoisotopic (exact) mass is 268 g/mol. The van der Waals surface area contributed by atoms with Crippen LogP contribution in [0.2, 0.25) is 0 Å². The van der Waals surface area contributed by atoms with Gasteiger partial charge in [0.1, 0.15) is 11.6 Å². The van der Waals surface area contributed by atoms with Gasteiger partial charge in [-0.05, 0) is 33.8 Å². The maximum atomic E-state index is 13.8. The molecule has 1 fully saturated rings. The molecule has 0 saturated carbocycles. The van der Waals surface area contributed by atoms with Crippen molar-refractivity contribution in [1.29, 1.82) is 0 Å². The zero-order chi connectivity index (χ0) is 14.3. The molecular weight excluding hydrogens is 246 g/mol. The Morgan fingerprint density at radius 2 is 1.89 bits per heavy atom. The molecule has 1 aliphatic rings. The summed E-state index contributed by atoms with van der Waals surface area (Å²) in [4.78, 5) is 2.25. The van der Waals surface area contributed by atoms with E-state index in [1.165, 1.54) is 12.1 Å². The molecule has 2 rings (SSSR count). The number of benzene rings is 1. The van der Waals surface area contributed by atoms with Gasteiger partial charge in [-0.2, -0.15) is 0 Å². The van der Waals surface area contributed by atoms with Crippen LogP contribution in [0.15, 0.2) is 18.2 Å². The van der Waals surface area contributed by atoms with Crippen molar-refractivity contribution < 1.29 is 8.78 Å². The molecule has 0 aliphatic carbocycles. The lowest BCUT2D eigenvalue weighted by atomic mass is 9.91. The van der Waals surface area contributed by atoms with E-state index in [1.54, 1.807) is 0 Å². The number of nitrogens with one attached hydrogen (secondary N) is 1. The minimum absolute atomic E-state index is 0.00598. The predicted octanol–water partition coefficient (Wildman–Crippen LogP) is 2.93. The van der Waals surface area contributed by atoms with Crippen molar-refractivity contribution in [2.75, 3.05) is 13.1 Å². The third-order valence-electron chi connectivity index (χ3n) is 3.82. The highest BCUT2D eigenvalue weighted by Gasteiger charge is 2.37. The van der Waals surface area contributed by atoms with Gasteiger partial charge in [-0.15, -0.1) is 0 Å². The summed E-state index contributed by atoms with van der Waals surface area (Å²) in [7, 11) is 0. The summed E-state index contributed by atoms with van der Waals surface area (Å²) in [5.74, 6) is -0.992. The number of halogens is 2. The molecule has 1 aromatic rings. The number of hydrogen-bond acceptors (Lipinski definition) is 2. The Labute approximate surface area is 113 Å². The van der Waals surface area contributed by atoms with Crippen molar-refractivity contribution in [1.82, 2.24) is 10.2 Å². The number of nitrogens with zero attached hydrogens (tertiary/aromatic N) is 1. The Morgan fingerprint density at radius 1 is 1.21 bits per heavy atom. The van der Waals surface area contributed by atoms with Gasteiger partial charge >= 0.3 is 0 Å². The average Bonchev–Trinajstić information content (AvgIpc) is 2.28. The van der Waals surface area contributed by atoms with Crippen LogP contribution in [0.5, 0.6) is 0 Å². The van der Waals surface area contributed by atoms with Gasteiger partial charge in [0.25, 0.3) is 0 Å². The summed E-state index contributed by atoms with van der Waals surface area (Å²) in [5, 5.41) is 3.49. The van der Waals surface area contributed by atoms with Crippen LogP contribution in [-0.2, 0) is 6.54 Å². The molecular formula is C15H22F2N2. The molecule has 1 aromatic carbocycles. The van der Waals surface area contributed by atoms with E-state index in [9.17, 15) is 8.78 Å². The number of piperazine rings is 1. The molecule has 0 atom stereocenters. The maximum Gasteiger partial charge on any atom is 0.130 e. The first-order valence-corrected chi connectivity index (χ1v) is 6.64. The summed E-state index contributed by atoms with van der Waals surface area (Å²) >= 11 is 0. The van der Waals surface area contributed by atoms with E-state index in [1.807, 2.05) is 0 Å². The quantitative estimate of drug-likeness (QED) is 0.887. The third-order valence-corrected chi connectivity index (χ3v) is 3.82. The van der Waals surface area contributed by atoms with E-state index in [0.29, 0.717) is 12.1 Å². The zero-order valence-electron chi connectivity index (χ0n) is 12.1. The SMILES string of the molecule is CC1(C)CN(Cc2ccc(F)cc2F)C(C)(C)CN1. The summed E-state index contributed by atoms with van der Waals surface area (Å²) in [6.07, 6.45) is 0. The lowest BCUT2D eigenvalue weighted by Crippen LogP contribution is -2.65. The number of rotatable bonds is 2. The minimum atomic E-state index is -0.527. The van der Waals surface area contributed by atoms with Crippen LogP contribution in [0.25, 0.3) is 0 Å². The fourth-order valence-electron chi connectivity index (χ4n) is 2.44. The van der Waals surface area contributed by atoms with Crippen LogP contribution in [0.4, 0.5) is 8.78 Å². The van der Waals surface area contributed by atoms with E-state index in [-0.39, 0.29) is 11.1 Å². The van der Waals surface area contributed by atoms with Crippen LogP contribution in [0.1, 0.15) is 33.3 Å². The van der Waals surface area contributed by atoms with Gasteiger partial charge in [-0.1, -0.05) is 6.07 Å². The van der Waals surface area contributed by atoms with Crippen molar-refractivity contribution in [3.63, 3.8) is 0 Å². The molecule has 2 nitrogen and oxygen atoms in total. The van der Waals surface area contributed by atoms with Gasteiger partial charge in [-0.3, -0.25) is 4.90 Å². The Morgan fingerprint density at radius 3 is 2.53 bits per heavy atom. The second-order valence-electron chi connectivity index (χ2n) is 6.64. The van der Waals surface area contributed by atoms with Gasteiger partial charge < -0.3 is 5.32 Å².